The number of hydrogen-bond acceptors (Lipinski definition) is 3. The number of carboxylic acids is 1. The second kappa shape index (κ2) is 5.83. The summed E-state index contributed by atoms with van der Waals surface area (Å²) in [6, 6.07) is 2.58. The van der Waals surface area contributed by atoms with Gasteiger partial charge in [-0.05, 0) is 30.0 Å². The molecule has 0 aliphatic heterocycles. The van der Waals surface area contributed by atoms with Crippen molar-refractivity contribution in [1.29, 1.82) is 0 Å². The van der Waals surface area contributed by atoms with Crippen LogP contribution in [0.15, 0.2) is 21.5 Å². The molecule has 0 fully saturated rings. The highest BCUT2D eigenvalue weighted by Crippen LogP contribution is 2.25. The van der Waals surface area contributed by atoms with Crippen LogP contribution in [0, 0.1) is 12.3 Å². The number of sulfonamides is 1. The Labute approximate surface area is 127 Å². The summed E-state index contributed by atoms with van der Waals surface area (Å²) >= 11 is 3.19. The van der Waals surface area contributed by atoms with Crippen molar-refractivity contribution in [2.24, 2.45) is 5.41 Å². The first-order valence-electron chi connectivity index (χ1n) is 5.97. The maximum Gasteiger partial charge on any atom is 0.336 e. The van der Waals surface area contributed by atoms with Gasteiger partial charge in [-0.25, -0.2) is 17.9 Å². The van der Waals surface area contributed by atoms with Crippen molar-refractivity contribution in [3.05, 3.63) is 27.7 Å². The molecule has 7 heteroatoms. The van der Waals surface area contributed by atoms with E-state index in [1.165, 1.54) is 12.1 Å². The number of aromatic carboxylic acids is 1. The zero-order valence-corrected chi connectivity index (χ0v) is 14.2. The summed E-state index contributed by atoms with van der Waals surface area (Å²) < 4.78 is 27.3. The van der Waals surface area contributed by atoms with Crippen molar-refractivity contribution in [2.45, 2.75) is 32.6 Å². The monoisotopic (exact) mass is 363 g/mol. The largest absolute Gasteiger partial charge is 0.478 e. The molecule has 1 aromatic rings. The van der Waals surface area contributed by atoms with Gasteiger partial charge in [0, 0.05) is 11.0 Å². The predicted molar refractivity (Wildman–Crippen MR) is 80.5 cm³/mol. The second-order valence-corrected chi connectivity index (χ2v) is 8.39. The van der Waals surface area contributed by atoms with E-state index in [-0.39, 0.29) is 22.4 Å². The van der Waals surface area contributed by atoms with Crippen LogP contribution in [0.25, 0.3) is 0 Å². The lowest BCUT2D eigenvalue weighted by Gasteiger charge is -2.19. The van der Waals surface area contributed by atoms with E-state index in [1.54, 1.807) is 6.92 Å². The topological polar surface area (TPSA) is 83.5 Å². The Kier molecular flexibility index (Phi) is 4.99. The van der Waals surface area contributed by atoms with Crippen molar-refractivity contribution < 1.29 is 18.3 Å². The molecule has 112 valence electrons. The molecule has 5 nitrogen and oxygen atoms in total. The van der Waals surface area contributed by atoms with Gasteiger partial charge in [0.2, 0.25) is 10.0 Å². The van der Waals surface area contributed by atoms with Gasteiger partial charge >= 0.3 is 5.97 Å². The summed E-state index contributed by atoms with van der Waals surface area (Å²) in [4.78, 5) is 11.1. The van der Waals surface area contributed by atoms with E-state index in [4.69, 9.17) is 5.11 Å². The molecule has 0 radical (unpaired) electrons. The summed E-state index contributed by atoms with van der Waals surface area (Å²) in [6.45, 7) is 7.60. The van der Waals surface area contributed by atoms with E-state index in [9.17, 15) is 13.2 Å². The molecule has 0 saturated carbocycles. The highest BCUT2D eigenvalue weighted by Gasteiger charge is 2.22. The fourth-order valence-corrected chi connectivity index (χ4v) is 3.37. The van der Waals surface area contributed by atoms with Crippen LogP contribution in [0.5, 0.6) is 0 Å². The van der Waals surface area contributed by atoms with E-state index in [2.05, 4.69) is 20.7 Å². The Morgan fingerprint density at radius 2 is 1.90 bits per heavy atom. The van der Waals surface area contributed by atoms with Crippen molar-refractivity contribution in [3.8, 4) is 0 Å². The SMILES string of the molecule is Cc1c(Br)cc(S(=O)(=O)NCC(C)(C)C)cc1C(=O)O. The van der Waals surface area contributed by atoms with Gasteiger partial charge in [0.15, 0.2) is 0 Å². The number of rotatable bonds is 4. The first-order valence-corrected chi connectivity index (χ1v) is 8.25. The van der Waals surface area contributed by atoms with E-state index in [0.717, 1.165) is 0 Å². The smallest absolute Gasteiger partial charge is 0.336 e. The Balaban J connectivity index is 3.23. The Bertz CT molecular complexity index is 633. The standard InChI is InChI=1S/C13H18BrNO4S/c1-8-10(12(16)17)5-9(6-11(8)14)20(18,19)15-7-13(2,3)4/h5-6,15H,7H2,1-4H3,(H,16,17). The highest BCUT2D eigenvalue weighted by molar-refractivity contribution is 9.10. The van der Waals surface area contributed by atoms with E-state index >= 15 is 0 Å². The minimum Gasteiger partial charge on any atom is -0.478 e. The number of halogens is 1. The number of hydrogen-bond donors (Lipinski definition) is 2. The van der Waals surface area contributed by atoms with Gasteiger partial charge in [0.05, 0.1) is 10.5 Å². The Hall–Kier alpha value is -0.920. The third kappa shape index (κ3) is 4.29. The summed E-state index contributed by atoms with van der Waals surface area (Å²) in [5.74, 6) is -1.16. The maximum absolute atomic E-state index is 12.2. The second-order valence-electron chi connectivity index (χ2n) is 5.77. The maximum atomic E-state index is 12.2. The molecule has 1 rings (SSSR count). The minimum absolute atomic E-state index is 0.0319. The van der Waals surface area contributed by atoms with Crippen LogP contribution in [-0.4, -0.2) is 26.0 Å². The molecule has 0 heterocycles. The van der Waals surface area contributed by atoms with E-state index in [1.807, 2.05) is 20.8 Å². The zero-order valence-electron chi connectivity index (χ0n) is 11.8. The molecular weight excluding hydrogens is 346 g/mol. The molecule has 0 amide bonds. The highest BCUT2D eigenvalue weighted by atomic mass is 79.9. The van der Waals surface area contributed by atoms with Gasteiger partial charge in [-0.1, -0.05) is 36.7 Å². The molecule has 2 N–H and O–H groups in total. The molecule has 0 aliphatic rings. The van der Waals surface area contributed by atoms with Gasteiger partial charge < -0.3 is 5.11 Å². The number of carbonyl (C=O) groups is 1. The van der Waals surface area contributed by atoms with Gasteiger partial charge in [-0.3, -0.25) is 0 Å². The molecule has 0 saturated heterocycles. The third-order valence-electron chi connectivity index (χ3n) is 2.65. The fraction of sp³-hybridized carbons (Fsp3) is 0.462. The molecule has 1 aromatic carbocycles. The quantitative estimate of drug-likeness (QED) is 0.861. The summed E-state index contributed by atoms with van der Waals surface area (Å²) in [7, 11) is -3.73. The number of carboxylic acid groups (broad SMARTS) is 1. The number of benzene rings is 1. The Morgan fingerprint density at radius 1 is 1.35 bits per heavy atom. The van der Waals surface area contributed by atoms with Gasteiger partial charge in [-0.2, -0.15) is 0 Å². The molecule has 0 aliphatic carbocycles. The Morgan fingerprint density at radius 3 is 2.35 bits per heavy atom. The lowest BCUT2D eigenvalue weighted by atomic mass is 9.98. The van der Waals surface area contributed by atoms with Crippen molar-refractivity contribution in [2.75, 3.05) is 6.54 Å². The summed E-state index contributed by atoms with van der Waals surface area (Å²) in [6.07, 6.45) is 0. The van der Waals surface area contributed by atoms with E-state index < -0.39 is 16.0 Å². The normalized spacial score (nSPS) is 12.4. The first kappa shape index (κ1) is 17.1. The number of nitrogens with one attached hydrogen (secondary N) is 1. The van der Waals surface area contributed by atoms with Crippen LogP contribution in [0.1, 0.15) is 36.7 Å². The van der Waals surface area contributed by atoms with Crippen molar-refractivity contribution >= 4 is 31.9 Å². The van der Waals surface area contributed by atoms with Crippen LogP contribution in [0.4, 0.5) is 0 Å². The average molecular weight is 364 g/mol. The molecule has 0 bridgehead atoms. The zero-order chi connectivity index (χ0) is 15.7. The minimum atomic E-state index is -3.73. The van der Waals surface area contributed by atoms with Gasteiger partial charge in [0.1, 0.15) is 0 Å². The van der Waals surface area contributed by atoms with E-state index in [0.29, 0.717) is 10.0 Å². The average Bonchev–Trinajstić information content (AvgIpc) is 2.28. The molecular formula is C13H18BrNO4S. The van der Waals surface area contributed by atoms with Crippen LogP contribution < -0.4 is 4.72 Å². The third-order valence-corrected chi connectivity index (χ3v) is 4.86. The summed E-state index contributed by atoms with van der Waals surface area (Å²) in [5.41, 5.74) is 0.257. The van der Waals surface area contributed by atoms with Gasteiger partial charge in [0.25, 0.3) is 0 Å². The molecule has 0 atom stereocenters. The lowest BCUT2D eigenvalue weighted by molar-refractivity contribution is 0.0695. The lowest BCUT2D eigenvalue weighted by Crippen LogP contribution is -2.32. The van der Waals surface area contributed by atoms with Crippen molar-refractivity contribution in [3.63, 3.8) is 0 Å². The predicted octanol–water partition coefficient (Wildman–Crippen LogP) is 2.78. The summed E-state index contributed by atoms with van der Waals surface area (Å²) in [5, 5.41) is 9.10. The first-order chi connectivity index (χ1) is 8.94. The molecule has 0 aromatic heterocycles. The van der Waals surface area contributed by atoms with Crippen LogP contribution in [0.2, 0.25) is 0 Å². The van der Waals surface area contributed by atoms with Crippen LogP contribution >= 0.6 is 15.9 Å². The van der Waals surface area contributed by atoms with Gasteiger partial charge in [-0.15, -0.1) is 0 Å². The molecule has 0 unspecified atom stereocenters. The molecule has 20 heavy (non-hydrogen) atoms. The van der Waals surface area contributed by atoms with Crippen LogP contribution in [-0.2, 0) is 10.0 Å². The van der Waals surface area contributed by atoms with Crippen molar-refractivity contribution in [1.82, 2.24) is 4.72 Å². The fourth-order valence-electron chi connectivity index (χ4n) is 1.43. The molecule has 0 spiro atoms. The van der Waals surface area contributed by atoms with Crippen LogP contribution in [0.3, 0.4) is 0 Å².